The minimum Gasteiger partial charge on any atom is -0.468 e. The lowest BCUT2D eigenvalue weighted by Crippen LogP contribution is -2.59. The largest absolute Gasteiger partial charge is 0.468 e. The van der Waals surface area contributed by atoms with Crippen LogP contribution in [0.2, 0.25) is 0 Å². The summed E-state index contributed by atoms with van der Waals surface area (Å²) in [5.41, 5.74) is 19.0. The highest BCUT2D eigenvalue weighted by molar-refractivity contribution is 5.95. The molecule has 3 amide bonds. The van der Waals surface area contributed by atoms with Gasteiger partial charge in [0.2, 0.25) is 17.7 Å². The van der Waals surface area contributed by atoms with Crippen molar-refractivity contribution in [1.82, 2.24) is 15.5 Å². The van der Waals surface area contributed by atoms with Crippen molar-refractivity contribution in [2.75, 3.05) is 26.7 Å². The molecule has 0 saturated carbocycles. The zero-order valence-corrected chi connectivity index (χ0v) is 30.6. The number of likely N-dealkylation sites (tertiary alicyclic amines) is 1. The Bertz CT molecular complexity index is 1430. The molecule has 1 saturated heterocycles. The third-order valence-corrected chi connectivity index (χ3v) is 9.85. The first-order valence-corrected chi connectivity index (χ1v) is 18.1. The first-order valence-electron chi connectivity index (χ1n) is 18.1. The van der Waals surface area contributed by atoms with Crippen molar-refractivity contribution >= 4 is 29.5 Å². The Morgan fingerprint density at radius 3 is 2.02 bits per heavy atom. The summed E-state index contributed by atoms with van der Waals surface area (Å²) in [6.07, 6.45) is 2.64. The van der Waals surface area contributed by atoms with Gasteiger partial charge in [0.1, 0.15) is 11.6 Å². The summed E-state index contributed by atoms with van der Waals surface area (Å²) < 4.78 is 4.86. The van der Waals surface area contributed by atoms with E-state index in [1.165, 1.54) is 7.11 Å². The normalized spacial score (nSPS) is 17.1. The van der Waals surface area contributed by atoms with E-state index in [1.807, 2.05) is 81.4 Å². The standard InChI is InChI=1S/C39H58N6O6/c1-26(2)23-30(35(47)43-31(17-11-12-20-40)37(49)45-21-18-39(42,19-22-45)38(50)51-4)25-33(46)32(24-28-13-7-5-8-14-28)44-36(48)34(41)27(3)29-15-9-6-10-16-29/h5-10,13-16,26-27,30-32,34H,11-12,17-25,40-42H2,1-4H3,(H,43,47)(H,44,48)/t27-,30+,31-,32-,34-/m1/s1. The minimum atomic E-state index is -1.16. The van der Waals surface area contributed by atoms with Crippen molar-refractivity contribution in [3.8, 4) is 0 Å². The highest BCUT2D eigenvalue weighted by atomic mass is 16.5. The molecular weight excluding hydrogens is 648 g/mol. The molecule has 0 spiro atoms. The zero-order chi connectivity index (χ0) is 37.6. The predicted octanol–water partition coefficient (Wildman–Crippen LogP) is 2.57. The molecule has 5 atom stereocenters. The average Bonchev–Trinajstić information content (AvgIpc) is 3.13. The van der Waals surface area contributed by atoms with Crippen molar-refractivity contribution in [2.45, 2.75) is 102 Å². The number of hydrogen-bond donors (Lipinski definition) is 5. The second kappa shape index (κ2) is 20.0. The summed E-state index contributed by atoms with van der Waals surface area (Å²) in [4.78, 5) is 69.2. The molecule has 12 nitrogen and oxygen atoms in total. The van der Waals surface area contributed by atoms with E-state index in [4.69, 9.17) is 21.9 Å². The molecule has 51 heavy (non-hydrogen) atoms. The first kappa shape index (κ1) is 41.3. The predicted molar refractivity (Wildman–Crippen MR) is 197 cm³/mol. The number of nitrogens with zero attached hydrogens (tertiary/aromatic N) is 1. The molecule has 0 aliphatic carbocycles. The van der Waals surface area contributed by atoms with Crippen LogP contribution in [0.5, 0.6) is 0 Å². The lowest BCUT2D eigenvalue weighted by molar-refractivity contribution is -0.151. The molecule has 280 valence electrons. The maximum absolute atomic E-state index is 14.1. The van der Waals surface area contributed by atoms with Crippen molar-refractivity contribution in [3.05, 3.63) is 71.8 Å². The summed E-state index contributed by atoms with van der Waals surface area (Å²) in [6.45, 7) is 6.74. The number of hydrogen-bond acceptors (Lipinski definition) is 9. The fourth-order valence-corrected chi connectivity index (χ4v) is 6.58. The van der Waals surface area contributed by atoms with E-state index in [9.17, 15) is 24.0 Å². The van der Waals surface area contributed by atoms with Gasteiger partial charge in [-0.1, -0.05) is 81.4 Å². The van der Waals surface area contributed by atoms with E-state index < -0.39 is 47.4 Å². The summed E-state index contributed by atoms with van der Waals surface area (Å²) >= 11 is 0. The molecule has 3 rings (SSSR count). The number of Topliss-reactive ketones (excluding diaryl/α,β-unsaturated/α-hetero) is 1. The topological polar surface area (TPSA) is 200 Å². The van der Waals surface area contributed by atoms with Gasteiger partial charge >= 0.3 is 5.97 Å². The highest BCUT2D eigenvalue weighted by Gasteiger charge is 2.41. The molecule has 1 heterocycles. The van der Waals surface area contributed by atoms with E-state index in [0.717, 1.165) is 11.1 Å². The molecule has 12 heteroatoms. The van der Waals surface area contributed by atoms with Crippen LogP contribution in [-0.2, 0) is 35.1 Å². The van der Waals surface area contributed by atoms with E-state index in [0.29, 0.717) is 32.2 Å². The Balaban J connectivity index is 1.79. The van der Waals surface area contributed by atoms with E-state index in [2.05, 4.69) is 10.6 Å². The minimum absolute atomic E-state index is 0.0698. The quantitative estimate of drug-likeness (QED) is 0.108. The smallest absolute Gasteiger partial charge is 0.325 e. The maximum Gasteiger partial charge on any atom is 0.325 e. The SMILES string of the molecule is COC(=O)C1(N)CCN(C(=O)[C@@H](CCCCN)NC(=O)[C@H](CC(=O)[C@@H](Cc2ccccc2)NC(=O)[C@H](N)[C@H](C)c2ccccc2)CC(C)C)CC1. The summed E-state index contributed by atoms with van der Waals surface area (Å²) in [7, 11) is 1.29. The Morgan fingerprint density at radius 1 is 0.863 bits per heavy atom. The fraction of sp³-hybridized carbons (Fsp3) is 0.564. The van der Waals surface area contributed by atoms with Crippen LogP contribution in [-0.4, -0.2) is 84.8 Å². The van der Waals surface area contributed by atoms with Gasteiger partial charge < -0.3 is 37.5 Å². The number of ketones is 1. The van der Waals surface area contributed by atoms with Crippen LogP contribution in [0.25, 0.3) is 0 Å². The molecule has 0 aromatic heterocycles. The number of nitrogens with one attached hydrogen (secondary N) is 2. The zero-order valence-electron chi connectivity index (χ0n) is 30.6. The number of unbranched alkanes of at least 4 members (excludes halogenated alkanes) is 1. The number of carbonyl (C=O) groups excluding carboxylic acids is 5. The Morgan fingerprint density at radius 2 is 1.45 bits per heavy atom. The average molecular weight is 707 g/mol. The Kier molecular flexibility index (Phi) is 16.2. The number of amides is 3. The van der Waals surface area contributed by atoms with E-state index in [1.54, 1.807) is 4.90 Å². The number of esters is 1. The number of ether oxygens (including phenoxy) is 1. The third-order valence-electron chi connectivity index (χ3n) is 9.85. The highest BCUT2D eigenvalue weighted by Crippen LogP contribution is 2.24. The molecule has 1 aliphatic heterocycles. The Labute approximate surface area is 302 Å². The summed E-state index contributed by atoms with van der Waals surface area (Å²) in [6, 6.07) is 16.2. The van der Waals surface area contributed by atoms with Gasteiger partial charge in [-0.15, -0.1) is 0 Å². The van der Waals surface area contributed by atoms with Gasteiger partial charge in [-0.3, -0.25) is 24.0 Å². The van der Waals surface area contributed by atoms with Crippen LogP contribution in [0.3, 0.4) is 0 Å². The molecule has 0 radical (unpaired) electrons. The van der Waals surface area contributed by atoms with Crippen molar-refractivity contribution in [1.29, 1.82) is 0 Å². The Hall–Kier alpha value is -4.13. The molecule has 2 aromatic carbocycles. The second-order valence-electron chi connectivity index (χ2n) is 14.3. The second-order valence-corrected chi connectivity index (χ2v) is 14.3. The number of benzene rings is 2. The van der Waals surface area contributed by atoms with Gasteiger partial charge in [-0.25, -0.2) is 0 Å². The van der Waals surface area contributed by atoms with Crippen LogP contribution < -0.4 is 27.8 Å². The van der Waals surface area contributed by atoms with Gasteiger partial charge in [0.05, 0.1) is 19.2 Å². The third kappa shape index (κ3) is 12.3. The van der Waals surface area contributed by atoms with Crippen molar-refractivity contribution < 1.29 is 28.7 Å². The summed E-state index contributed by atoms with van der Waals surface area (Å²) in [5, 5.41) is 5.87. The lowest BCUT2D eigenvalue weighted by atomic mass is 9.87. The molecular formula is C39H58N6O6. The van der Waals surface area contributed by atoms with Gasteiger partial charge in [-0.05, 0) is 68.5 Å². The maximum atomic E-state index is 14.1. The number of piperidine rings is 1. The monoisotopic (exact) mass is 706 g/mol. The van der Waals surface area contributed by atoms with Crippen LogP contribution in [0.4, 0.5) is 0 Å². The fourth-order valence-electron chi connectivity index (χ4n) is 6.58. The molecule has 0 bridgehead atoms. The van der Waals surface area contributed by atoms with Crippen LogP contribution in [0.1, 0.15) is 82.8 Å². The molecule has 2 aromatic rings. The van der Waals surface area contributed by atoms with Crippen LogP contribution in [0.15, 0.2) is 60.7 Å². The van der Waals surface area contributed by atoms with Gasteiger partial charge in [0, 0.05) is 31.3 Å². The van der Waals surface area contributed by atoms with Gasteiger partial charge in [-0.2, -0.15) is 0 Å². The number of methoxy groups -OCH3 is 1. The molecule has 1 fully saturated rings. The van der Waals surface area contributed by atoms with Gasteiger partial charge in [0.15, 0.2) is 5.78 Å². The van der Waals surface area contributed by atoms with E-state index in [-0.39, 0.29) is 62.3 Å². The number of carbonyl (C=O) groups is 5. The number of nitrogens with two attached hydrogens (primary N) is 3. The number of rotatable bonds is 19. The molecule has 8 N–H and O–H groups in total. The van der Waals surface area contributed by atoms with Crippen LogP contribution in [0, 0.1) is 11.8 Å². The van der Waals surface area contributed by atoms with Crippen molar-refractivity contribution in [2.24, 2.45) is 29.0 Å². The lowest BCUT2D eigenvalue weighted by Gasteiger charge is -2.38. The van der Waals surface area contributed by atoms with E-state index >= 15 is 0 Å². The molecule has 1 aliphatic rings. The van der Waals surface area contributed by atoms with Crippen molar-refractivity contribution in [3.63, 3.8) is 0 Å². The first-order chi connectivity index (χ1) is 24.3. The molecule has 0 unspecified atom stereocenters. The summed E-state index contributed by atoms with van der Waals surface area (Å²) in [5.74, 6) is -2.90. The van der Waals surface area contributed by atoms with Gasteiger partial charge in [0.25, 0.3) is 0 Å². The van der Waals surface area contributed by atoms with Crippen LogP contribution >= 0.6 is 0 Å².